The molecule has 0 atom stereocenters. The number of pyridine rings is 1. The molecule has 0 aliphatic heterocycles. The van der Waals surface area contributed by atoms with Crippen LogP contribution in [0.25, 0.3) is 33.3 Å². The van der Waals surface area contributed by atoms with E-state index in [0.29, 0.717) is 31.4 Å². The number of fused-ring (bicyclic) bond motifs is 1. The van der Waals surface area contributed by atoms with Gasteiger partial charge in [-0.25, -0.2) is 9.78 Å². The third kappa shape index (κ3) is 6.85. The summed E-state index contributed by atoms with van der Waals surface area (Å²) in [4.78, 5) is 43.2. The molecule has 38 heavy (non-hydrogen) atoms. The maximum Gasteiger partial charge on any atom is 0.335 e. The van der Waals surface area contributed by atoms with E-state index in [4.69, 9.17) is 9.84 Å². The summed E-state index contributed by atoms with van der Waals surface area (Å²) in [5.41, 5.74) is 4.71. The minimum absolute atomic E-state index is 0.113. The molecule has 8 nitrogen and oxygen atoms in total. The quantitative estimate of drug-likeness (QED) is 0.175. The highest BCUT2D eigenvalue weighted by molar-refractivity contribution is 5.97. The fraction of sp³-hybridized carbons (Fsp3) is 0.267. The van der Waals surface area contributed by atoms with Crippen LogP contribution in [0.1, 0.15) is 56.8 Å². The lowest BCUT2D eigenvalue weighted by molar-refractivity contribution is -0.155. The highest BCUT2D eigenvalue weighted by atomic mass is 16.6. The number of carbonyl (C=O) groups is 3. The van der Waals surface area contributed by atoms with Gasteiger partial charge in [0.15, 0.2) is 0 Å². The van der Waals surface area contributed by atoms with Crippen LogP contribution >= 0.6 is 0 Å². The number of aromatic nitrogens is 2. The number of aromatic carboxylic acids is 1. The molecular formula is C30H31N3O5. The van der Waals surface area contributed by atoms with E-state index in [1.165, 1.54) is 0 Å². The molecule has 0 fully saturated rings. The number of nitrogens with zero attached hydrogens (tertiary/aromatic N) is 1. The SMILES string of the molecule is CC(C)(C)OC(=O)CCCCC(=O)Nc1cccc(-c2cnc3[nH]cc(-c4ccc(C(=O)O)cc4)c3c2)c1. The van der Waals surface area contributed by atoms with Gasteiger partial charge in [-0.15, -0.1) is 0 Å². The van der Waals surface area contributed by atoms with E-state index in [-0.39, 0.29) is 17.4 Å². The van der Waals surface area contributed by atoms with Gasteiger partial charge in [0.05, 0.1) is 5.56 Å². The molecule has 1 amide bonds. The Hall–Kier alpha value is -4.46. The average molecular weight is 514 g/mol. The summed E-state index contributed by atoms with van der Waals surface area (Å²) in [6.07, 6.45) is 5.42. The molecule has 0 saturated carbocycles. The molecule has 4 aromatic rings. The Kier molecular flexibility index (Phi) is 7.90. The summed E-state index contributed by atoms with van der Waals surface area (Å²) < 4.78 is 5.29. The van der Waals surface area contributed by atoms with Gasteiger partial charge in [0.2, 0.25) is 5.91 Å². The van der Waals surface area contributed by atoms with Gasteiger partial charge < -0.3 is 20.1 Å². The van der Waals surface area contributed by atoms with E-state index in [0.717, 1.165) is 33.3 Å². The first kappa shape index (κ1) is 26.6. The van der Waals surface area contributed by atoms with Gasteiger partial charge in [-0.2, -0.15) is 0 Å². The number of carbonyl (C=O) groups excluding carboxylic acids is 2. The highest BCUT2D eigenvalue weighted by Crippen LogP contribution is 2.32. The number of hydrogen-bond acceptors (Lipinski definition) is 5. The van der Waals surface area contributed by atoms with Crippen molar-refractivity contribution in [2.45, 2.75) is 52.1 Å². The third-order valence-corrected chi connectivity index (χ3v) is 5.91. The number of hydrogen-bond donors (Lipinski definition) is 3. The normalized spacial score (nSPS) is 11.3. The number of carboxylic acids is 1. The Balaban J connectivity index is 1.42. The predicted octanol–water partition coefficient (Wildman–Crippen LogP) is 6.44. The average Bonchev–Trinajstić information content (AvgIpc) is 3.29. The largest absolute Gasteiger partial charge is 0.478 e. The van der Waals surface area contributed by atoms with Gasteiger partial charge in [-0.1, -0.05) is 24.3 Å². The molecule has 0 radical (unpaired) electrons. The van der Waals surface area contributed by atoms with Gasteiger partial charge in [0, 0.05) is 47.4 Å². The van der Waals surface area contributed by atoms with E-state index in [2.05, 4.69) is 15.3 Å². The van der Waals surface area contributed by atoms with E-state index in [1.54, 1.807) is 30.5 Å². The number of unbranched alkanes of at least 4 members (excludes halogenated alkanes) is 1. The van der Waals surface area contributed by atoms with Crippen LogP contribution in [0.4, 0.5) is 5.69 Å². The number of ether oxygens (including phenoxy) is 1. The molecule has 196 valence electrons. The first-order valence-electron chi connectivity index (χ1n) is 12.5. The molecule has 4 rings (SSSR count). The molecule has 0 unspecified atom stereocenters. The number of nitrogens with one attached hydrogen (secondary N) is 2. The molecule has 2 aromatic heterocycles. The van der Waals surface area contributed by atoms with Crippen molar-refractivity contribution in [1.82, 2.24) is 9.97 Å². The Morgan fingerprint density at radius 3 is 2.39 bits per heavy atom. The number of H-pyrrole nitrogens is 1. The van der Waals surface area contributed by atoms with Gasteiger partial charge in [-0.3, -0.25) is 9.59 Å². The summed E-state index contributed by atoms with van der Waals surface area (Å²) in [5.74, 6) is -1.33. The number of anilines is 1. The molecule has 8 heteroatoms. The number of carboxylic acid groups (broad SMARTS) is 1. The summed E-state index contributed by atoms with van der Waals surface area (Å²) in [6, 6.07) is 16.3. The van der Waals surface area contributed by atoms with Crippen molar-refractivity contribution in [1.29, 1.82) is 0 Å². The Bertz CT molecular complexity index is 1470. The fourth-order valence-corrected chi connectivity index (χ4v) is 4.14. The van der Waals surface area contributed by atoms with Crippen molar-refractivity contribution in [3.8, 4) is 22.3 Å². The zero-order valence-corrected chi connectivity index (χ0v) is 21.7. The van der Waals surface area contributed by atoms with Gasteiger partial charge in [0.25, 0.3) is 0 Å². The van der Waals surface area contributed by atoms with Crippen molar-refractivity contribution >= 4 is 34.6 Å². The molecule has 0 bridgehead atoms. The first-order valence-corrected chi connectivity index (χ1v) is 12.5. The number of benzene rings is 2. The molecule has 2 aromatic carbocycles. The third-order valence-electron chi connectivity index (χ3n) is 5.91. The first-order chi connectivity index (χ1) is 18.1. The van der Waals surface area contributed by atoms with Gasteiger partial charge >= 0.3 is 11.9 Å². The van der Waals surface area contributed by atoms with Crippen LogP contribution in [0.3, 0.4) is 0 Å². The highest BCUT2D eigenvalue weighted by Gasteiger charge is 2.16. The van der Waals surface area contributed by atoms with Crippen molar-refractivity contribution in [2.24, 2.45) is 0 Å². The minimum atomic E-state index is -0.966. The Morgan fingerprint density at radius 1 is 0.947 bits per heavy atom. The van der Waals surface area contributed by atoms with E-state index in [9.17, 15) is 14.4 Å². The molecule has 0 saturated heterocycles. The van der Waals surface area contributed by atoms with Gasteiger partial charge in [-0.05, 0) is 75.1 Å². The van der Waals surface area contributed by atoms with E-state index >= 15 is 0 Å². The minimum Gasteiger partial charge on any atom is -0.478 e. The lowest BCUT2D eigenvalue weighted by Gasteiger charge is -2.19. The lowest BCUT2D eigenvalue weighted by Crippen LogP contribution is -2.23. The Morgan fingerprint density at radius 2 is 1.68 bits per heavy atom. The van der Waals surface area contributed by atoms with Crippen molar-refractivity contribution < 1.29 is 24.2 Å². The number of amides is 1. The number of rotatable bonds is 9. The maximum atomic E-state index is 12.5. The maximum absolute atomic E-state index is 12.5. The second-order valence-electron chi connectivity index (χ2n) is 10.1. The lowest BCUT2D eigenvalue weighted by atomic mass is 10.0. The summed E-state index contributed by atoms with van der Waals surface area (Å²) in [6.45, 7) is 5.50. The zero-order valence-electron chi connectivity index (χ0n) is 21.7. The summed E-state index contributed by atoms with van der Waals surface area (Å²) in [5, 5.41) is 13.0. The van der Waals surface area contributed by atoms with Crippen LogP contribution in [-0.4, -0.2) is 38.5 Å². The summed E-state index contributed by atoms with van der Waals surface area (Å²) in [7, 11) is 0. The van der Waals surface area contributed by atoms with Crippen molar-refractivity contribution in [3.63, 3.8) is 0 Å². The van der Waals surface area contributed by atoms with Crippen LogP contribution in [-0.2, 0) is 14.3 Å². The van der Waals surface area contributed by atoms with Crippen LogP contribution in [0, 0.1) is 0 Å². The van der Waals surface area contributed by atoms with Crippen LogP contribution in [0.2, 0.25) is 0 Å². The van der Waals surface area contributed by atoms with Crippen LogP contribution < -0.4 is 5.32 Å². The second-order valence-corrected chi connectivity index (χ2v) is 10.1. The molecule has 0 spiro atoms. The zero-order chi connectivity index (χ0) is 27.3. The monoisotopic (exact) mass is 513 g/mol. The van der Waals surface area contributed by atoms with Crippen LogP contribution in [0.15, 0.2) is 67.0 Å². The standard InChI is InChI=1S/C30H31N3O5/c1-30(2,3)38-27(35)10-5-4-9-26(34)33-23-8-6-7-21(15-23)22-16-24-25(18-32-28(24)31-17-22)19-11-13-20(14-12-19)29(36)37/h6-8,11-18H,4-5,9-10H2,1-3H3,(H,31,32)(H,33,34)(H,36,37). The molecular weight excluding hydrogens is 482 g/mol. The molecule has 0 aliphatic rings. The van der Waals surface area contributed by atoms with Crippen molar-refractivity contribution in [2.75, 3.05) is 5.32 Å². The topological polar surface area (TPSA) is 121 Å². The van der Waals surface area contributed by atoms with Crippen molar-refractivity contribution in [3.05, 3.63) is 72.6 Å². The molecule has 0 aliphatic carbocycles. The summed E-state index contributed by atoms with van der Waals surface area (Å²) >= 11 is 0. The Labute approximate surface area is 221 Å². The van der Waals surface area contributed by atoms with E-state index in [1.807, 2.05) is 57.3 Å². The number of esters is 1. The van der Waals surface area contributed by atoms with E-state index < -0.39 is 11.6 Å². The molecule has 2 heterocycles. The molecule has 3 N–H and O–H groups in total. The van der Waals surface area contributed by atoms with Crippen LogP contribution in [0.5, 0.6) is 0 Å². The number of aromatic amines is 1. The predicted molar refractivity (Wildman–Crippen MR) is 147 cm³/mol. The fourth-order valence-electron chi connectivity index (χ4n) is 4.14. The second kappa shape index (κ2) is 11.3. The smallest absolute Gasteiger partial charge is 0.335 e. The van der Waals surface area contributed by atoms with Gasteiger partial charge in [0.1, 0.15) is 11.2 Å².